The molecule has 1 saturated heterocycles. The summed E-state index contributed by atoms with van der Waals surface area (Å²) >= 11 is 0. The Morgan fingerprint density at radius 2 is 1.89 bits per heavy atom. The van der Waals surface area contributed by atoms with Crippen LogP contribution in [0.4, 0.5) is 5.69 Å². The molecule has 1 N–H and O–H groups in total. The first-order chi connectivity index (χ1) is 13.7. The molecule has 0 radical (unpaired) electrons. The fourth-order valence-electron chi connectivity index (χ4n) is 3.84. The summed E-state index contributed by atoms with van der Waals surface area (Å²) < 4.78 is 16.7. The van der Waals surface area contributed by atoms with Gasteiger partial charge in [0.2, 0.25) is 5.91 Å². The highest BCUT2D eigenvalue weighted by Gasteiger charge is 2.28. The van der Waals surface area contributed by atoms with Crippen molar-refractivity contribution in [2.24, 2.45) is 0 Å². The minimum atomic E-state index is -0.00795. The van der Waals surface area contributed by atoms with Crippen LogP contribution in [0.5, 0.6) is 17.2 Å². The van der Waals surface area contributed by atoms with E-state index < -0.39 is 0 Å². The third-order valence-electron chi connectivity index (χ3n) is 5.24. The summed E-state index contributed by atoms with van der Waals surface area (Å²) in [7, 11) is 1.63. The van der Waals surface area contributed by atoms with Crippen LogP contribution >= 0.6 is 0 Å². The summed E-state index contributed by atoms with van der Waals surface area (Å²) in [5, 5.41) is 2.97. The minimum Gasteiger partial charge on any atom is -0.497 e. The Hall–Kier alpha value is -2.73. The van der Waals surface area contributed by atoms with Gasteiger partial charge in [-0.05, 0) is 61.3 Å². The third-order valence-corrected chi connectivity index (χ3v) is 5.24. The average molecular weight is 382 g/mol. The fraction of sp³-hybridized carbons (Fsp3) is 0.409. The minimum absolute atomic E-state index is 0.00795. The second-order valence-electron chi connectivity index (χ2n) is 7.16. The van der Waals surface area contributed by atoms with Crippen molar-refractivity contribution < 1.29 is 19.0 Å². The highest BCUT2D eigenvalue weighted by molar-refractivity contribution is 5.92. The molecule has 6 nitrogen and oxygen atoms in total. The summed E-state index contributed by atoms with van der Waals surface area (Å²) in [6.07, 6.45) is 3.01. The average Bonchev–Trinajstić information content (AvgIpc) is 3.03. The predicted molar refractivity (Wildman–Crippen MR) is 107 cm³/mol. The van der Waals surface area contributed by atoms with E-state index in [1.54, 1.807) is 7.11 Å². The van der Waals surface area contributed by atoms with E-state index in [2.05, 4.69) is 22.3 Å². The molecule has 1 atom stereocenters. The first-order valence-electron chi connectivity index (χ1n) is 9.80. The molecule has 0 aliphatic carbocycles. The van der Waals surface area contributed by atoms with Crippen LogP contribution < -0.4 is 19.5 Å². The smallest absolute Gasteiger partial charge is 0.238 e. The van der Waals surface area contributed by atoms with Crippen LogP contribution in [-0.2, 0) is 4.79 Å². The lowest BCUT2D eigenvalue weighted by atomic mass is 10.0. The molecule has 1 fully saturated rings. The number of anilines is 1. The van der Waals surface area contributed by atoms with Gasteiger partial charge < -0.3 is 19.5 Å². The third kappa shape index (κ3) is 4.22. The molecule has 4 rings (SSSR count). The fourth-order valence-corrected chi connectivity index (χ4v) is 3.84. The van der Waals surface area contributed by atoms with Gasteiger partial charge in [0.05, 0.1) is 26.9 Å². The molecule has 6 heteroatoms. The van der Waals surface area contributed by atoms with Crippen molar-refractivity contribution >= 4 is 11.6 Å². The summed E-state index contributed by atoms with van der Waals surface area (Å²) in [6.45, 7) is 2.64. The standard InChI is InChI=1S/C22H26N2O4/c1-26-18-8-6-17(7-9-18)23-22(25)15-24-11-2-4-19(24)16-5-10-20-21(14-16)28-13-3-12-27-20/h5-10,14,19H,2-4,11-13,15H2,1H3,(H,23,25)/t19-/m1/s1. The van der Waals surface area contributed by atoms with Crippen molar-refractivity contribution in [3.05, 3.63) is 48.0 Å². The van der Waals surface area contributed by atoms with Crippen LogP contribution in [0.25, 0.3) is 0 Å². The van der Waals surface area contributed by atoms with E-state index in [1.165, 1.54) is 5.56 Å². The maximum Gasteiger partial charge on any atom is 0.238 e. The molecular weight excluding hydrogens is 356 g/mol. The number of carbonyl (C=O) groups is 1. The van der Waals surface area contributed by atoms with E-state index in [0.29, 0.717) is 19.8 Å². The van der Waals surface area contributed by atoms with Crippen molar-refractivity contribution in [1.29, 1.82) is 0 Å². The molecule has 0 bridgehead atoms. The Morgan fingerprint density at radius 1 is 1.11 bits per heavy atom. The second-order valence-corrected chi connectivity index (χ2v) is 7.16. The molecule has 2 aromatic rings. The quantitative estimate of drug-likeness (QED) is 0.856. The Morgan fingerprint density at radius 3 is 2.68 bits per heavy atom. The summed E-state index contributed by atoms with van der Waals surface area (Å²) in [5.41, 5.74) is 1.95. The van der Waals surface area contributed by atoms with Crippen molar-refractivity contribution in [1.82, 2.24) is 4.90 Å². The maximum atomic E-state index is 12.5. The van der Waals surface area contributed by atoms with Crippen molar-refractivity contribution in [2.45, 2.75) is 25.3 Å². The lowest BCUT2D eigenvalue weighted by Crippen LogP contribution is -2.32. The summed E-state index contributed by atoms with van der Waals surface area (Å²) in [5.74, 6) is 2.38. The van der Waals surface area contributed by atoms with Gasteiger partial charge in [0, 0.05) is 18.2 Å². The number of hydrogen-bond acceptors (Lipinski definition) is 5. The van der Waals surface area contributed by atoms with Gasteiger partial charge in [-0.2, -0.15) is 0 Å². The number of methoxy groups -OCH3 is 1. The molecule has 2 aromatic carbocycles. The molecule has 2 aliphatic rings. The van der Waals surface area contributed by atoms with Gasteiger partial charge in [-0.25, -0.2) is 0 Å². The number of nitrogens with one attached hydrogen (secondary N) is 1. The van der Waals surface area contributed by atoms with Crippen LogP contribution in [0.15, 0.2) is 42.5 Å². The lowest BCUT2D eigenvalue weighted by Gasteiger charge is -2.25. The number of carbonyl (C=O) groups excluding carboxylic acids is 1. The van der Waals surface area contributed by atoms with E-state index in [1.807, 2.05) is 30.3 Å². The lowest BCUT2D eigenvalue weighted by molar-refractivity contribution is -0.117. The first-order valence-corrected chi connectivity index (χ1v) is 9.80. The Labute approximate surface area is 165 Å². The van der Waals surface area contributed by atoms with Gasteiger partial charge in [-0.1, -0.05) is 6.07 Å². The van der Waals surface area contributed by atoms with E-state index in [9.17, 15) is 4.79 Å². The Balaban J connectivity index is 1.41. The van der Waals surface area contributed by atoms with Gasteiger partial charge in [0.25, 0.3) is 0 Å². The number of amides is 1. The van der Waals surface area contributed by atoms with E-state index >= 15 is 0 Å². The highest BCUT2D eigenvalue weighted by atomic mass is 16.5. The summed E-state index contributed by atoms with van der Waals surface area (Å²) in [6, 6.07) is 13.8. The molecule has 0 spiro atoms. The predicted octanol–water partition coefficient (Wildman–Crippen LogP) is 3.63. The molecule has 0 saturated carbocycles. The number of ether oxygens (including phenoxy) is 3. The molecule has 0 unspecified atom stereocenters. The monoisotopic (exact) mass is 382 g/mol. The maximum absolute atomic E-state index is 12.5. The van der Waals surface area contributed by atoms with Crippen LogP contribution in [0.3, 0.4) is 0 Å². The number of rotatable bonds is 5. The molecule has 1 amide bonds. The van der Waals surface area contributed by atoms with Gasteiger partial charge in [0.15, 0.2) is 11.5 Å². The van der Waals surface area contributed by atoms with Crippen LogP contribution in [0, 0.1) is 0 Å². The van der Waals surface area contributed by atoms with Gasteiger partial charge >= 0.3 is 0 Å². The summed E-state index contributed by atoms with van der Waals surface area (Å²) in [4.78, 5) is 14.8. The molecule has 2 aliphatic heterocycles. The van der Waals surface area contributed by atoms with Crippen molar-refractivity contribution in [3.63, 3.8) is 0 Å². The zero-order chi connectivity index (χ0) is 19.3. The van der Waals surface area contributed by atoms with Crippen molar-refractivity contribution in [3.8, 4) is 17.2 Å². The molecular formula is C22H26N2O4. The first kappa shape index (κ1) is 18.6. The number of fused-ring (bicyclic) bond motifs is 1. The van der Waals surface area contributed by atoms with Crippen LogP contribution in [0.1, 0.15) is 30.9 Å². The number of benzene rings is 2. The molecule has 28 heavy (non-hydrogen) atoms. The molecule has 2 heterocycles. The number of likely N-dealkylation sites (tertiary alicyclic amines) is 1. The zero-order valence-electron chi connectivity index (χ0n) is 16.1. The van der Waals surface area contributed by atoms with Crippen LogP contribution in [-0.4, -0.2) is 44.2 Å². The normalized spacial score (nSPS) is 19.1. The van der Waals surface area contributed by atoms with Crippen LogP contribution in [0.2, 0.25) is 0 Å². The topological polar surface area (TPSA) is 60.0 Å². The van der Waals surface area contributed by atoms with Gasteiger partial charge in [-0.15, -0.1) is 0 Å². The Kier molecular flexibility index (Phi) is 5.67. The highest BCUT2D eigenvalue weighted by Crippen LogP contribution is 2.37. The Bertz CT molecular complexity index is 822. The SMILES string of the molecule is COc1ccc(NC(=O)CN2CCC[C@@H]2c2ccc3c(c2)OCCCO3)cc1. The van der Waals surface area contributed by atoms with E-state index in [4.69, 9.17) is 14.2 Å². The van der Waals surface area contributed by atoms with E-state index in [0.717, 1.165) is 48.7 Å². The largest absolute Gasteiger partial charge is 0.497 e. The van der Waals surface area contributed by atoms with Gasteiger partial charge in [-0.3, -0.25) is 9.69 Å². The number of hydrogen-bond donors (Lipinski definition) is 1. The number of nitrogens with zero attached hydrogens (tertiary/aromatic N) is 1. The second kappa shape index (κ2) is 8.52. The zero-order valence-corrected chi connectivity index (χ0v) is 16.1. The molecule has 0 aromatic heterocycles. The molecule has 148 valence electrons. The van der Waals surface area contributed by atoms with E-state index in [-0.39, 0.29) is 11.9 Å². The van der Waals surface area contributed by atoms with Crippen molar-refractivity contribution in [2.75, 3.05) is 38.7 Å². The van der Waals surface area contributed by atoms with Gasteiger partial charge in [0.1, 0.15) is 5.75 Å².